The number of hydrogen-bond donors (Lipinski definition) is 3. The van der Waals surface area contributed by atoms with Crippen molar-refractivity contribution in [3.05, 3.63) is 40.6 Å². The zero-order valence-electron chi connectivity index (χ0n) is 13.4. The van der Waals surface area contributed by atoms with Gasteiger partial charge in [0, 0.05) is 19.0 Å². The Hall–Kier alpha value is -1.05. The zero-order chi connectivity index (χ0) is 15.3. The molecule has 0 radical (unpaired) electrons. The van der Waals surface area contributed by atoms with Gasteiger partial charge in [0.2, 0.25) is 0 Å². The summed E-state index contributed by atoms with van der Waals surface area (Å²) in [6.07, 6.45) is 3.73. The SMILES string of the molecule is Br.Br.CCCc1nc2c(o1)[C@H]1c3cc(O)c(O)cc3CC[C@@H]1NC2. The molecule has 0 spiro atoms. The van der Waals surface area contributed by atoms with Crippen LogP contribution in [0.3, 0.4) is 0 Å². The number of oxazole rings is 1. The number of phenols is 2. The van der Waals surface area contributed by atoms with Gasteiger partial charge in [0.25, 0.3) is 0 Å². The molecule has 0 amide bonds. The standard InChI is InChI=1S/C17H20N2O3.2BrH/c1-2-3-15-19-12-8-18-11-5-4-9-6-13(20)14(21)7-10(9)16(11)17(12)22-15;;/h6-7,11,16,18,20-21H,2-5,8H2,1H3;2*1H/t11-,16-;;/m0../s1. The minimum absolute atomic E-state index is 0. The summed E-state index contributed by atoms with van der Waals surface area (Å²) in [4.78, 5) is 4.60. The molecule has 0 unspecified atom stereocenters. The van der Waals surface area contributed by atoms with Crippen LogP contribution in [0.1, 0.15) is 54.2 Å². The van der Waals surface area contributed by atoms with Crippen molar-refractivity contribution in [2.45, 2.75) is 51.1 Å². The van der Waals surface area contributed by atoms with E-state index >= 15 is 0 Å². The third-order valence-corrected chi connectivity index (χ3v) is 4.75. The largest absolute Gasteiger partial charge is 0.504 e. The van der Waals surface area contributed by atoms with Gasteiger partial charge < -0.3 is 19.9 Å². The molecule has 1 aromatic heterocycles. The molecule has 2 atom stereocenters. The lowest BCUT2D eigenvalue weighted by atomic mass is 9.75. The van der Waals surface area contributed by atoms with Crippen molar-refractivity contribution in [3.63, 3.8) is 0 Å². The van der Waals surface area contributed by atoms with Crippen LogP contribution in [0.2, 0.25) is 0 Å². The van der Waals surface area contributed by atoms with Gasteiger partial charge in [0.15, 0.2) is 17.4 Å². The number of nitrogens with one attached hydrogen (secondary N) is 1. The molecule has 3 N–H and O–H groups in total. The summed E-state index contributed by atoms with van der Waals surface area (Å²) < 4.78 is 6.05. The molecule has 5 nitrogen and oxygen atoms in total. The Balaban J connectivity index is 0.00000104. The minimum Gasteiger partial charge on any atom is -0.504 e. The van der Waals surface area contributed by atoms with Gasteiger partial charge >= 0.3 is 0 Å². The molecule has 2 aliphatic rings. The molecule has 1 aliphatic carbocycles. The first-order valence-electron chi connectivity index (χ1n) is 7.94. The van der Waals surface area contributed by atoms with E-state index < -0.39 is 0 Å². The molecule has 0 fully saturated rings. The van der Waals surface area contributed by atoms with Crippen molar-refractivity contribution < 1.29 is 14.6 Å². The monoisotopic (exact) mass is 460 g/mol. The second-order valence-corrected chi connectivity index (χ2v) is 6.21. The predicted octanol–water partition coefficient (Wildman–Crippen LogP) is 3.74. The molecule has 2 heterocycles. The highest BCUT2D eigenvalue weighted by Crippen LogP contribution is 2.44. The zero-order valence-corrected chi connectivity index (χ0v) is 16.8. The Labute approximate surface area is 162 Å². The number of halogens is 2. The summed E-state index contributed by atoms with van der Waals surface area (Å²) >= 11 is 0. The van der Waals surface area contributed by atoms with E-state index in [0.29, 0.717) is 6.04 Å². The van der Waals surface area contributed by atoms with Gasteiger partial charge in [-0.05, 0) is 42.5 Å². The van der Waals surface area contributed by atoms with Crippen LogP contribution in [0.5, 0.6) is 11.5 Å². The minimum atomic E-state index is -0.0696. The Morgan fingerprint density at radius 2 is 2.00 bits per heavy atom. The lowest BCUT2D eigenvalue weighted by Gasteiger charge is -2.36. The van der Waals surface area contributed by atoms with Crippen molar-refractivity contribution >= 4 is 34.0 Å². The van der Waals surface area contributed by atoms with Crippen molar-refractivity contribution in [2.24, 2.45) is 0 Å². The molecule has 1 aromatic carbocycles. The maximum absolute atomic E-state index is 9.89. The normalized spacial score (nSPS) is 20.9. The maximum Gasteiger partial charge on any atom is 0.194 e. The van der Waals surface area contributed by atoms with Crippen molar-refractivity contribution in [2.75, 3.05) is 0 Å². The lowest BCUT2D eigenvalue weighted by molar-refractivity contribution is 0.331. The third kappa shape index (κ3) is 3.09. The molecule has 1 aliphatic heterocycles. The second kappa shape index (κ2) is 7.45. The van der Waals surface area contributed by atoms with Crippen LogP contribution in [0.15, 0.2) is 16.5 Å². The first-order valence-corrected chi connectivity index (χ1v) is 7.94. The molecule has 2 aromatic rings. The first-order chi connectivity index (χ1) is 10.7. The summed E-state index contributed by atoms with van der Waals surface area (Å²) in [6, 6.07) is 3.66. The Morgan fingerprint density at radius 1 is 1.25 bits per heavy atom. The Morgan fingerprint density at radius 3 is 2.75 bits per heavy atom. The van der Waals surface area contributed by atoms with Crippen LogP contribution in [-0.2, 0) is 19.4 Å². The van der Waals surface area contributed by atoms with E-state index in [1.54, 1.807) is 12.1 Å². The summed E-state index contributed by atoms with van der Waals surface area (Å²) in [7, 11) is 0. The molecule has 7 heteroatoms. The van der Waals surface area contributed by atoms with E-state index in [1.165, 1.54) is 0 Å². The van der Waals surface area contributed by atoms with Crippen molar-refractivity contribution in [1.82, 2.24) is 10.3 Å². The van der Waals surface area contributed by atoms with Gasteiger partial charge in [-0.25, -0.2) is 4.98 Å². The fraction of sp³-hybridized carbons (Fsp3) is 0.471. The van der Waals surface area contributed by atoms with Crippen LogP contribution in [-0.4, -0.2) is 21.2 Å². The number of phenolic OH excluding ortho intramolecular Hbond substituents is 2. The number of hydrogen-bond acceptors (Lipinski definition) is 5. The number of rotatable bonds is 2. The van der Waals surface area contributed by atoms with Crippen LogP contribution < -0.4 is 5.32 Å². The van der Waals surface area contributed by atoms with E-state index in [2.05, 4.69) is 17.2 Å². The van der Waals surface area contributed by atoms with E-state index in [1.807, 2.05) is 0 Å². The highest BCUT2D eigenvalue weighted by molar-refractivity contribution is 8.93. The van der Waals surface area contributed by atoms with Crippen molar-refractivity contribution in [1.29, 1.82) is 0 Å². The third-order valence-electron chi connectivity index (χ3n) is 4.75. The summed E-state index contributed by atoms with van der Waals surface area (Å²) in [5, 5.41) is 23.2. The number of fused-ring (bicyclic) bond motifs is 5. The van der Waals surface area contributed by atoms with Gasteiger partial charge in [0.1, 0.15) is 5.76 Å². The number of aromatic nitrogens is 1. The van der Waals surface area contributed by atoms with Crippen molar-refractivity contribution in [3.8, 4) is 11.5 Å². The van der Waals surface area contributed by atoms with Crippen LogP contribution >= 0.6 is 34.0 Å². The van der Waals surface area contributed by atoms with Gasteiger partial charge in [-0.1, -0.05) is 6.92 Å². The van der Waals surface area contributed by atoms with E-state index in [-0.39, 0.29) is 51.4 Å². The van der Waals surface area contributed by atoms with Crippen LogP contribution in [0, 0.1) is 0 Å². The number of aromatic hydroxyl groups is 2. The van der Waals surface area contributed by atoms with E-state index in [9.17, 15) is 10.2 Å². The highest BCUT2D eigenvalue weighted by atomic mass is 79.9. The molecule has 0 saturated heterocycles. The average Bonchev–Trinajstić information content (AvgIpc) is 2.91. The highest BCUT2D eigenvalue weighted by Gasteiger charge is 2.39. The topological polar surface area (TPSA) is 78.5 Å². The van der Waals surface area contributed by atoms with E-state index in [0.717, 1.165) is 60.7 Å². The average molecular weight is 462 g/mol. The Bertz CT molecular complexity index is 733. The number of benzene rings is 1. The van der Waals surface area contributed by atoms with Gasteiger partial charge in [-0.3, -0.25) is 0 Å². The summed E-state index contributed by atoms with van der Waals surface area (Å²) in [5.41, 5.74) is 3.10. The van der Waals surface area contributed by atoms with Crippen LogP contribution in [0.25, 0.3) is 0 Å². The lowest BCUT2D eigenvalue weighted by Crippen LogP contribution is -2.42. The molecular weight excluding hydrogens is 440 g/mol. The molecule has 0 saturated carbocycles. The number of nitrogens with zero attached hydrogens (tertiary/aromatic N) is 1. The fourth-order valence-corrected chi connectivity index (χ4v) is 3.71. The maximum atomic E-state index is 9.89. The second-order valence-electron chi connectivity index (χ2n) is 6.21. The number of aryl methyl sites for hydroxylation is 2. The fourth-order valence-electron chi connectivity index (χ4n) is 3.71. The Kier molecular flexibility index (Phi) is 5.99. The molecular formula is C17H22Br2N2O3. The first kappa shape index (κ1) is 19.3. The summed E-state index contributed by atoms with van der Waals surface area (Å²) in [5.74, 6) is 1.67. The van der Waals surface area contributed by atoms with Gasteiger partial charge in [-0.2, -0.15) is 0 Å². The quantitative estimate of drug-likeness (QED) is 0.593. The molecule has 0 bridgehead atoms. The van der Waals surface area contributed by atoms with Gasteiger partial charge in [0.05, 0.1) is 11.6 Å². The van der Waals surface area contributed by atoms with Crippen LogP contribution in [0.4, 0.5) is 0 Å². The van der Waals surface area contributed by atoms with Gasteiger partial charge in [-0.15, -0.1) is 34.0 Å². The predicted molar refractivity (Wildman–Crippen MR) is 102 cm³/mol. The molecule has 132 valence electrons. The van der Waals surface area contributed by atoms with E-state index in [4.69, 9.17) is 4.42 Å². The molecule has 4 rings (SSSR count). The summed E-state index contributed by atoms with van der Waals surface area (Å²) in [6.45, 7) is 2.85. The smallest absolute Gasteiger partial charge is 0.194 e. The molecule has 24 heavy (non-hydrogen) atoms.